The van der Waals surface area contributed by atoms with Crippen molar-refractivity contribution in [2.75, 3.05) is 6.61 Å². The molecule has 2 aromatic rings. The Hall–Kier alpha value is -4.84. The van der Waals surface area contributed by atoms with Crippen LogP contribution in [0.5, 0.6) is 0 Å². The van der Waals surface area contributed by atoms with Gasteiger partial charge in [0.2, 0.25) is 0 Å². The lowest BCUT2D eigenvalue weighted by atomic mass is 9.55. The summed E-state index contributed by atoms with van der Waals surface area (Å²) in [7, 11) is 0. The molecule has 0 spiro atoms. The lowest BCUT2D eigenvalue weighted by Crippen LogP contribution is -2.64. The zero-order valence-electron chi connectivity index (χ0n) is 29.5. The lowest BCUT2D eigenvalue weighted by molar-refractivity contribution is -0.238. The minimum Gasteiger partial charge on any atom is -0.462 e. The van der Waals surface area contributed by atoms with Crippen molar-refractivity contribution >= 4 is 29.8 Å². The molecule has 51 heavy (non-hydrogen) atoms. The van der Waals surface area contributed by atoms with E-state index in [4.69, 9.17) is 28.4 Å². The molecule has 2 bridgehead atoms. The summed E-state index contributed by atoms with van der Waals surface area (Å²) in [6, 6.07) is 11.6. The Labute approximate surface area is 296 Å². The van der Waals surface area contributed by atoms with E-state index < -0.39 is 94.6 Å². The number of allylic oxidation sites excluding steroid dienone is 2. The molecule has 2 heterocycles. The fourth-order valence-electron chi connectivity index (χ4n) is 9.44. The molecule has 1 aromatic heterocycles. The molecular formula is C39H43NO11. The lowest BCUT2D eigenvalue weighted by Gasteiger charge is -2.51. The number of nitrogens with zero attached hydrogens (tertiary/aromatic N) is 1. The molecule has 11 atom stereocenters. The van der Waals surface area contributed by atoms with Crippen LogP contribution in [0, 0.1) is 29.1 Å². The maximum absolute atomic E-state index is 14.1. The van der Waals surface area contributed by atoms with Gasteiger partial charge in [-0.3, -0.25) is 19.4 Å². The van der Waals surface area contributed by atoms with E-state index in [1.807, 2.05) is 19.9 Å². The number of carbonyl (C=O) groups is 5. The number of pyridine rings is 1. The van der Waals surface area contributed by atoms with Gasteiger partial charge < -0.3 is 28.4 Å². The highest BCUT2D eigenvalue weighted by atomic mass is 16.6. The summed E-state index contributed by atoms with van der Waals surface area (Å²) >= 11 is 0. The molecule has 3 aliphatic carbocycles. The molecule has 0 unspecified atom stereocenters. The molecule has 12 heteroatoms. The summed E-state index contributed by atoms with van der Waals surface area (Å²) < 4.78 is 38.5. The van der Waals surface area contributed by atoms with E-state index in [0.29, 0.717) is 11.1 Å². The number of aromatic nitrogens is 1. The summed E-state index contributed by atoms with van der Waals surface area (Å²) in [6.07, 6.45) is 1.84. The molecule has 1 aliphatic heterocycles. The van der Waals surface area contributed by atoms with Crippen LogP contribution in [0.3, 0.4) is 0 Å². The number of hydrogen-bond donors (Lipinski definition) is 0. The minimum atomic E-state index is -1.77. The van der Waals surface area contributed by atoms with Crippen LogP contribution in [-0.2, 0) is 42.8 Å². The monoisotopic (exact) mass is 701 g/mol. The van der Waals surface area contributed by atoms with Crippen molar-refractivity contribution in [3.8, 4) is 0 Å². The van der Waals surface area contributed by atoms with Gasteiger partial charge in [-0.1, -0.05) is 43.4 Å². The SMILES string of the molecule is C=C(C)[C@H]1C=C[C@@H](OC(=O)c2ccccc2)[C@@]23CO[C@@](C)([C@H](OC(=O)c4cccnc4)[C@@]4(OC(C)=O)C[C@H](C)[C@H](OC(C)=O)[C@@H]4[C@H]2OC(C)=O)[C@H]13. The van der Waals surface area contributed by atoms with E-state index in [2.05, 4.69) is 11.6 Å². The van der Waals surface area contributed by atoms with Gasteiger partial charge in [-0.05, 0) is 56.5 Å². The largest absolute Gasteiger partial charge is 0.462 e. The van der Waals surface area contributed by atoms with Gasteiger partial charge in [-0.2, -0.15) is 0 Å². The molecule has 3 fully saturated rings. The molecule has 270 valence electrons. The van der Waals surface area contributed by atoms with Gasteiger partial charge in [0.1, 0.15) is 23.9 Å². The van der Waals surface area contributed by atoms with E-state index in [0.717, 1.165) is 0 Å². The summed E-state index contributed by atoms with van der Waals surface area (Å²) in [5.74, 6) is -6.23. The van der Waals surface area contributed by atoms with Gasteiger partial charge >= 0.3 is 29.8 Å². The average molecular weight is 702 g/mol. The predicted octanol–water partition coefficient (Wildman–Crippen LogP) is 4.82. The third-order valence-corrected chi connectivity index (χ3v) is 11.0. The first kappa shape index (κ1) is 36.0. The maximum Gasteiger partial charge on any atom is 0.340 e. The normalized spacial score (nSPS) is 36.0. The molecular weight excluding hydrogens is 658 g/mol. The Morgan fingerprint density at radius 1 is 0.843 bits per heavy atom. The number of carbonyl (C=O) groups excluding carboxylic acids is 5. The first-order valence-corrected chi connectivity index (χ1v) is 17.0. The fraction of sp³-hybridized carbons (Fsp3) is 0.487. The van der Waals surface area contributed by atoms with Crippen LogP contribution < -0.4 is 0 Å². The van der Waals surface area contributed by atoms with Crippen LogP contribution in [0.2, 0.25) is 0 Å². The zero-order chi connectivity index (χ0) is 36.9. The molecule has 12 nitrogen and oxygen atoms in total. The molecule has 6 rings (SSSR count). The van der Waals surface area contributed by atoms with Gasteiger partial charge in [-0.25, -0.2) is 9.59 Å². The van der Waals surface area contributed by atoms with Crippen LogP contribution in [-0.4, -0.2) is 77.1 Å². The van der Waals surface area contributed by atoms with Crippen molar-refractivity contribution in [3.63, 3.8) is 0 Å². The smallest absolute Gasteiger partial charge is 0.340 e. The van der Waals surface area contributed by atoms with Crippen molar-refractivity contribution in [1.82, 2.24) is 4.98 Å². The second-order valence-corrected chi connectivity index (χ2v) is 14.4. The Bertz CT molecular complexity index is 1760. The van der Waals surface area contributed by atoms with E-state index in [9.17, 15) is 24.0 Å². The second kappa shape index (κ2) is 13.4. The van der Waals surface area contributed by atoms with Crippen molar-refractivity contribution in [2.24, 2.45) is 29.1 Å². The van der Waals surface area contributed by atoms with E-state index in [1.54, 1.807) is 55.5 Å². The first-order valence-electron chi connectivity index (χ1n) is 17.0. The molecule has 1 aromatic carbocycles. The van der Waals surface area contributed by atoms with Crippen LogP contribution in [0.4, 0.5) is 0 Å². The number of benzene rings is 1. The van der Waals surface area contributed by atoms with Crippen LogP contribution in [0.25, 0.3) is 0 Å². The average Bonchev–Trinajstić information content (AvgIpc) is 3.52. The standard InChI is InChI=1S/C39H43NO11/c1-21(2)28-15-16-29(49-34(44)26-12-9-8-10-13-26)38-20-46-37(7,32(28)38)36(50-35(45)27-14-11-17-40-19-27)39(51-25(6)43)18-22(3)31(47-23(4)41)30(39)33(38)48-24(5)42/h8-17,19,22,28-33,36H,1,18,20H2,2-7H3/t22-,28+,29+,30+,31-,32-,33+,36-,37+,38+,39+/m0/s1. The van der Waals surface area contributed by atoms with E-state index in [1.165, 1.54) is 33.2 Å². The Balaban J connectivity index is 1.66. The molecule has 2 saturated carbocycles. The predicted molar refractivity (Wildman–Crippen MR) is 180 cm³/mol. The summed E-state index contributed by atoms with van der Waals surface area (Å²) in [5, 5.41) is 0. The van der Waals surface area contributed by atoms with Crippen molar-refractivity contribution in [1.29, 1.82) is 0 Å². The molecule has 0 amide bonds. The summed E-state index contributed by atoms with van der Waals surface area (Å²) in [5.41, 5.74) is -3.50. The van der Waals surface area contributed by atoms with E-state index >= 15 is 0 Å². The van der Waals surface area contributed by atoms with Crippen molar-refractivity contribution < 1.29 is 52.4 Å². The van der Waals surface area contributed by atoms with Gasteiger partial charge in [0.25, 0.3) is 0 Å². The number of ether oxygens (including phenoxy) is 6. The highest BCUT2D eigenvalue weighted by Gasteiger charge is 2.82. The minimum absolute atomic E-state index is 0.0410. The van der Waals surface area contributed by atoms with Crippen molar-refractivity contribution in [3.05, 3.63) is 90.3 Å². The molecule has 0 N–H and O–H groups in total. The zero-order valence-corrected chi connectivity index (χ0v) is 29.5. The number of hydrogen-bond acceptors (Lipinski definition) is 12. The van der Waals surface area contributed by atoms with Crippen LogP contribution in [0.1, 0.15) is 68.7 Å². The summed E-state index contributed by atoms with van der Waals surface area (Å²) in [4.78, 5) is 71.3. The van der Waals surface area contributed by atoms with Gasteiger partial charge in [0.15, 0.2) is 11.7 Å². The fourth-order valence-corrected chi connectivity index (χ4v) is 9.44. The van der Waals surface area contributed by atoms with Gasteiger partial charge in [0.05, 0.1) is 29.1 Å². The third-order valence-electron chi connectivity index (χ3n) is 11.0. The van der Waals surface area contributed by atoms with Gasteiger partial charge in [-0.15, -0.1) is 0 Å². The van der Waals surface area contributed by atoms with Gasteiger partial charge in [0, 0.05) is 45.0 Å². The maximum atomic E-state index is 14.1. The highest BCUT2D eigenvalue weighted by molar-refractivity contribution is 5.90. The highest BCUT2D eigenvalue weighted by Crippen LogP contribution is 2.68. The second-order valence-electron chi connectivity index (χ2n) is 14.4. The van der Waals surface area contributed by atoms with E-state index in [-0.39, 0.29) is 18.6 Å². The number of rotatable bonds is 8. The Kier molecular flexibility index (Phi) is 9.43. The Morgan fingerprint density at radius 2 is 1.51 bits per heavy atom. The molecule has 0 radical (unpaired) electrons. The number of esters is 5. The number of fused-ring (bicyclic) bond motifs is 1. The summed E-state index contributed by atoms with van der Waals surface area (Å²) in [6.45, 7) is 13.3. The third kappa shape index (κ3) is 5.92. The first-order chi connectivity index (χ1) is 24.2. The molecule has 1 saturated heterocycles. The Morgan fingerprint density at radius 3 is 2.12 bits per heavy atom. The quantitative estimate of drug-likeness (QED) is 0.211. The molecule has 4 aliphatic rings. The van der Waals surface area contributed by atoms with Crippen LogP contribution >= 0.6 is 0 Å². The van der Waals surface area contributed by atoms with Crippen LogP contribution in [0.15, 0.2) is 79.2 Å². The topological polar surface area (TPSA) is 154 Å². The van der Waals surface area contributed by atoms with Crippen molar-refractivity contribution in [2.45, 2.75) is 83.6 Å².